The number of piperidine rings is 1. The maximum absolute atomic E-state index is 12.5. The number of carboxylic acids is 1. The topological polar surface area (TPSA) is 92.9 Å². The summed E-state index contributed by atoms with van der Waals surface area (Å²) >= 11 is 0. The van der Waals surface area contributed by atoms with Gasteiger partial charge >= 0.3 is 5.97 Å². The lowest BCUT2D eigenvalue weighted by Crippen LogP contribution is -2.48. The number of hydrogen-bond acceptors (Lipinski definition) is 4. The van der Waals surface area contributed by atoms with Crippen molar-refractivity contribution >= 4 is 17.6 Å². The van der Waals surface area contributed by atoms with Gasteiger partial charge in [0.15, 0.2) is 0 Å². The number of anilines is 1. The van der Waals surface area contributed by atoms with Crippen molar-refractivity contribution in [2.75, 3.05) is 19.4 Å². The molecule has 20 heavy (non-hydrogen) atoms. The molecule has 1 fully saturated rings. The predicted molar refractivity (Wildman–Crippen MR) is 73.7 cm³/mol. The number of hydrogen-bond donors (Lipinski definition) is 2. The van der Waals surface area contributed by atoms with E-state index in [0.717, 1.165) is 12.8 Å². The van der Waals surface area contributed by atoms with Gasteiger partial charge in [-0.1, -0.05) is 0 Å². The van der Waals surface area contributed by atoms with Crippen molar-refractivity contribution in [3.05, 3.63) is 23.8 Å². The Kier molecular flexibility index (Phi) is 4.12. The number of amides is 1. The van der Waals surface area contributed by atoms with Crippen LogP contribution in [0.4, 0.5) is 5.69 Å². The summed E-state index contributed by atoms with van der Waals surface area (Å²) in [5.74, 6) is -0.806. The fraction of sp³-hybridized carbons (Fsp3) is 0.429. The number of carboxylic acid groups (broad SMARTS) is 1. The summed E-state index contributed by atoms with van der Waals surface area (Å²) in [7, 11) is 1.50. The van der Waals surface area contributed by atoms with E-state index in [1.54, 1.807) is 18.2 Å². The zero-order valence-corrected chi connectivity index (χ0v) is 11.3. The van der Waals surface area contributed by atoms with Crippen molar-refractivity contribution < 1.29 is 19.4 Å². The maximum atomic E-state index is 12.5. The molecule has 1 aromatic rings. The highest BCUT2D eigenvalue weighted by atomic mass is 16.5. The maximum Gasteiger partial charge on any atom is 0.326 e. The van der Waals surface area contributed by atoms with Crippen molar-refractivity contribution in [3.63, 3.8) is 0 Å². The van der Waals surface area contributed by atoms with Crippen LogP contribution in [0, 0.1) is 0 Å². The molecule has 2 rings (SSSR count). The Balaban J connectivity index is 2.31. The Morgan fingerprint density at radius 2 is 2.15 bits per heavy atom. The molecule has 108 valence electrons. The molecule has 0 aliphatic carbocycles. The van der Waals surface area contributed by atoms with Gasteiger partial charge in [-0.3, -0.25) is 4.79 Å². The first-order valence-corrected chi connectivity index (χ1v) is 6.52. The molecule has 6 heteroatoms. The number of likely N-dealkylation sites (tertiary alicyclic amines) is 1. The Morgan fingerprint density at radius 3 is 2.80 bits per heavy atom. The number of carbonyl (C=O) groups is 2. The first kappa shape index (κ1) is 14.2. The van der Waals surface area contributed by atoms with Crippen LogP contribution in [0.2, 0.25) is 0 Å². The standard InChI is InChI=1S/C14H18N2O4/c1-20-9-5-6-11(15)10(8-9)13(17)16-7-3-2-4-12(16)14(18)19/h5-6,8,12H,2-4,7,15H2,1H3,(H,18,19). The van der Waals surface area contributed by atoms with Gasteiger partial charge < -0.3 is 20.5 Å². The largest absolute Gasteiger partial charge is 0.497 e. The zero-order chi connectivity index (χ0) is 14.7. The summed E-state index contributed by atoms with van der Waals surface area (Å²) in [6, 6.07) is 4.02. The number of nitrogens with two attached hydrogens (primary N) is 1. The zero-order valence-electron chi connectivity index (χ0n) is 11.3. The minimum atomic E-state index is -0.973. The quantitative estimate of drug-likeness (QED) is 0.814. The lowest BCUT2D eigenvalue weighted by atomic mass is 10.0. The fourth-order valence-electron chi connectivity index (χ4n) is 2.43. The summed E-state index contributed by atoms with van der Waals surface area (Å²) in [5, 5.41) is 9.22. The number of carbonyl (C=O) groups excluding carboxylic acids is 1. The van der Waals surface area contributed by atoms with Crippen LogP contribution >= 0.6 is 0 Å². The Hall–Kier alpha value is -2.24. The molecule has 1 heterocycles. The second-order valence-electron chi connectivity index (χ2n) is 4.80. The van der Waals surface area contributed by atoms with E-state index in [-0.39, 0.29) is 11.5 Å². The van der Waals surface area contributed by atoms with Gasteiger partial charge in [0.2, 0.25) is 0 Å². The number of nitrogen functional groups attached to an aromatic ring is 1. The second kappa shape index (κ2) is 5.81. The minimum Gasteiger partial charge on any atom is -0.497 e. The number of methoxy groups -OCH3 is 1. The molecule has 3 N–H and O–H groups in total. The van der Waals surface area contributed by atoms with E-state index in [1.165, 1.54) is 12.0 Å². The monoisotopic (exact) mass is 278 g/mol. The fourth-order valence-corrected chi connectivity index (χ4v) is 2.43. The lowest BCUT2D eigenvalue weighted by Gasteiger charge is -2.33. The van der Waals surface area contributed by atoms with Gasteiger partial charge in [0.1, 0.15) is 11.8 Å². The van der Waals surface area contributed by atoms with E-state index in [1.807, 2.05) is 0 Å². The number of rotatable bonds is 3. The van der Waals surface area contributed by atoms with Crippen LogP contribution in [0.3, 0.4) is 0 Å². The highest BCUT2D eigenvalue weighted by molar-refractivity contribution is 6.01. The minimum absolute atomic E-state index is 0.289. The Bertz CT molecular complexity index is 530. The molecule has 0 bridgehead atoms. The van der Waals surface area contributed by atoms with Crippen molar-refractivity contribution in [1.82, 2.24) is 4.90 Å². The molecule has 1 aromatic carbocycles. The van der Waals surface area contributed by atoms with Gasteiger partial charge in [-0.05, 0) is 37.5 Å². The molecular weight excluding hydrogens is 260 g/mol. The smallest absolute Gasteiger partial charge is 0.326 e. The average Bonchev–Trinajstić information content (AvgIpc) is 2.47. The van der Waals surface area contributed by atoms with Crippen molar-refractivity contribution in [2.45, 2.75) is 25.3 Å². The molecule has 1 unspecified atom stereocenters. The molecular formula is C14H18N2O4. The van der Waals surface area contributed by atoms with E-state index in [0.29, 0.717) is 24.4 Å². The molecule has 1 atom stereocenters. The highest BCUT2D eigenvalue weighted by Crippen LogP contribution is 2.25. The van der Waals surface area contributed by atoms with E-state index < -0.39 is 12.0 Å². The summed E-state index contributed by atoms with van der Waals surface area (Å²) in [5.41, 5.74) is 6.44. The molecule has 1 aliphatic rings. The molecule has 6 nitrogen and oxygen atoms in total. The van der Waals surface area contributed by atoms with Gasteiger partial charge in [0.05, 0.1) is 12.7 Å². The van der Waals surface area contributed by atoms with Gasteiger partial charge in [-0.25, -0.2) is 4.79 Å². The van der Waals surface area contributed by atoms with Crippen LogP contribution in [0.5, 0.6) is 5.75 Å². The second-order valence-corrected chi connectivity index (χ2v) is 4.80. The third-order valence-corrected chi connectivity index (χ3v) is 3.54. The van der Waals surface area contributed by atoms with Gasteiger partial charge in [0.25, 0.3) is 5.91 Å². The van der Waals surface area contributed by atoms with E-state index in [9.17, 15) is 14.7 Å². The lowest BCUT2D eigenvalue weighted by molar-refractivity contribution is -0.143. The molecule has 0 radical (unpaired) electrons. The van der Waals surface area contributed by atoms with Crippen molar-refractivity contribution in [2.24, 2.45) is 0 Å². The van der Waals surface area contributed by atoms with Gasteiger partial charge in [-0.2, -0.15) is 0 Å². The van der Waals surface area contributed by atoms with Crippen LogP contribution in [-0.2, 0) is 4.79 Å². The molecule has 1 saturated heterocycles. The SMILES string of the molecule is COc1ccc(N)c(C(=O)N2CCCCC2C(=O)O)c1. The summed E-state index contributed by atoms with van der Waals surface area (Å²) in [6.45, 7) is 0.437. The number of aliphatic carboxylic acids is 1. The first-order valence-electron chi connectivity index (χ1n) is 6.52. The molecule has 0 aromatic heterocycles. The van der Waals surface area contributed by atoms with Crippen LogP contribution in [0.1, 0.15) is 29.6 Å². The van der Waals surface area contributed by atoms with E-state index in [2.05, 4.69) is 0 Å². The normalized spacial score (nSPS) is 18.6. The average molecular weight is 278 g/mol. The molecule has 1 aliphatic heterocycles. The van der Waals surface area contributed by atoms with Crippen molar-refractivity contribution in [1.29, 1.82) is 0 Å². The van der Waals surface area contributed by atoms with Crippen LogP contribution in [0.25, 0.3) is 0 Å². The van der Waals surface area contributed by atoms with Gasteiger partial charge in [0, 0.05) is 12.2 Å². The summed E-state index contributed by atoms with van der Waals surface area (Å²) in [6.07, 6.45) is 2.10. The first-order chi connectivity index (χ1) is 9.54. The number of ether oxygens (including phenoxy) is 1. The highest BCUT2D eigenvalue weighted by Gasteiger charge is 2.33. The van der Waals surface area contributed by atoms with E-state index >= 15 is 0 Å². The Morgan fingerprint density at radius 1 is 1.40 bits per heavy atom. The third-order valence-electron chi connectivity index (χ3n) is 3.54. The van der Waals surface area contributed by atoms with Crippen LogP contribution in [-0.4, -0.2) is 41.6 Å². The summed E-state index contributed by atoms with van der Waals surface area (Å²) in [4.78, 5) is 25.2. The van der Waals surface area contributed by atoms with E-state index in [4.69, 9.17) is 10.5 Å². The van der Waals surface area contributed by atoms with Gasteiger partial charge in [-0.15, -0.1) is 0 Å². The molecule has 1 amide bonds. The van der Waals surface area contributed by atoms with Crippen LogP contribution < -0.4 is 10.5 Å². The number of nitrogens with zero attached hydrogens (tertiary/aromatic N) is 1. The third kappa shape index (κ3) is 2.68. The number of benzene rings is 1. The Labute approximate surface area is 117 Å². The molecule has 0 spiro atoms. The molecule has 0 saturated carbocycles. The predicted octanol–water partition coefficient (Wildman–Crippen LogP) is 1.36. The van der Waals surface area contributed by atoms with Crippen LogP contribution in [0.15, 0.2) is 18.2 Å². The summed E-state index contributed by atoms with van der Waals surface area (Å²) < 4.78 is 5.08. The van der Waals surface area contributed by atoms with Crippen molar-refractivity contribution in [3.8, 4) is 5.75 Å².